The second-order valence-electron chi connectivity index (χ2n) is 3.07. The molecule has 1 aromatic carbocycles. The van der Waals surface area contributed by atoms with E-state index in [2.05, 4.69) is 17.2 Å². The van der Waals surface area contributed by atoms with E-state index in [4.69, 9.17) is 11.6 Å². The van der Waals surface area contributed by atoms with E-state index in [-0.39, 0.29) is 10.8 Å². The van der Waals surface area contributed by atoms with Crippen LogP contribution in [0.1, 0.15) is 18.9 Å². The van der Waals surface area contributed by atoms with Crippen LogP contribution in [0.4, 0.5) is 4.39 Å². The molecule has 1 N–H and O–H groups in total. The average Bonchev–Trinajstić information content (AvgIpc) is 2.24. The van der Waals surface area contributed by atoms with Crippen LogP contribution in [0.3, 0.4) is 0 Å². The summed E-state index contributed by atoms with van der Waals surface area (Å²) in [6, 6.07) is 4.82. The first kappa shape index (κ1) is 12.0. The Balaban J connectivity index is 2.43. The van der Waals surface area contributed by atoms with Crippen molar-refractivity contribution in [1.29, 1.82) is 0 Å². The molecule has 0 heterocycles. The second-order valence-corrected chi connectivity index (χ2v) is 3.44. The molecule has 1 aromatic rings. The Labute approximate surface area is 94.6 Å². The lowest BCUT2D eigenvalue weighted by molar-refractivity contribution is 0.621. The number of halogens is 2. The van der Waals surface area contributed by atoms with Gasteiger partial charge in [0.05, 0.1) is 5.02 Å². The summed E-state index contributed by atoms with van der Waals surface area (Å²) in [6.07, 6.45) is 0.795. The monoisotopic (exact) mass is 225 g/mol. The van der Waals surface area contributed by atoms with Crippen molar-refractivity contribution in [2.24, 2.45) is 0 Å². The van der Waals surface area contributed by atoms with Crippen molar-refractivity contribution in [3.8, 4) is 11.8 Å². The number of hydrogen-bond donors (Lipinski definition) is 1. The zero-order valence-electron chi connectivity index (χ0n) is 8.61. The van der Waals surface area contributed by atoms with Crippen LogP contribution in [0.5, 0.6) is 0 Å². The SMILES string of the molecule is CC#CCCNCc1cccc(F)c1Cl. The molecule has 3 heteroatoms. The predicted octanol–water partition coefficient (Wildman–Crippen LogP) is 2.98. The molecule has 0 radical (unpaired) electrons. The number of hydrogen-bond acceptors (Lipinski definition) is 1. The van der Waals surface area contributed by atoms with Gasteiger partial charge >= 0.3 is 0 Å². The van der Waals surface area contributed by atoms with Gasteiger partial charge in [0.25, 0.3) is 0 Å². The van der Waals surface area contributed by atoms with E-state index in [9.17, 15) is 4.39 Å². The number of rotatable bonds is 4. The van der Waals surface area contributed by atoms with Gasteiger partial charge in [0.1, 0.15) is 5.82 Å². The molecular formula is C12H13ClFN. The minimum atomic E-state index is -0.371. The van der Waals surface area contributed by atoms with Gasteiger partial charge in [0.15, 0.2) is 0 Å². The third kappa shape index (κ3) is 3.91. The highest BCUT2D eigenvalue weighted by Crippen LogP contribution is 2.19. The van der Waals surface area contributed by atoms with Crippen LogP contribution in [0.15, 0.2) is 18.2 Å². The average molecular weight is 226 g/mol. The molecule has 1 nitrogen and oxygen atoms in total. The lowest BCUT2D eigenvalue weighted by Crippen LogP contribution is -2.14. The maximum Gasteiger partial charge on any atom is 0.142 e. The maximum atomic E-state index is 13.0. The highest BCUT2D eigenvalue weighted by Gasteiger charge is 2.03. The molecule has 0 fully saturated rings. The van der Waals surface area contributed by atoms with Gasteiger partial charge in [-0.3, -0.25) is 0 Å². The Hall–Kier alpha value is -1.04. The van der Waals surface area contributed by atoms with E-state index in [1.165, 1.54) is 6.07 Å². The van der Waals surface area contributed by atoms with E-state index in [0.29, 0.717) is 6.54 Å². The minimum absolute atomic E-state index is 0.201. The van der Waals surface area contributed by atoms with E-state index in [1.54, 1.807) is 6.07 Å². The van der Waals surface area contributed by atoms with Crippen LogP contribution in [0, 0.1) is 17.7 Å². The van der Waals surface area contributed by atoms with Gasteiger partial charge in [-0.05, 0) is 18.6 Å². The Kier molecular flexibility index (Phi) is 5.17. The van der Waals surface area contributed by atoms with Crippen LogP contribution in [-0.4, -0.2) is 6.54 Å². The zero-order chi connectivity index (χ0) is 11.1. The predicted molar refractivity (Wildman–Crippen MR) is 61.2 cm³/mol. The Morgan fingerprint density at radius 3 is 3.00 bits per heavy atom. The van der Waals surface area contributed by atoms with E-state index < -0.39 is 0 Å². The largest absolute Gasteiger partial charge is 0.312 e. The number of nitrogens with one attached hydrogen (secondary N) is 1. The normalized spacial score (nSPS) is 9.53. The summed E-state index contributed by atoms with van der Waals surface area (Å²) < 4.78 is 13.0. The van der Waals surface area contributed by atoms with Crippen molar-refractivity contribution in [2.45, 2.75) is 19.9 Å². The van der Waals surface area contributed by atoms with Gasteiger partial charge in [0, 0.05) is 19.5 Å². The van der Waals surface area contributed by atoms with Gasteiger partial charge in [-0.2, -0.15) is 0 Å². The van der Waals surface area contributed by atoms with E-state index in [1.807, 2.05) is 13.0 Å². The van der Waals surface area contributed by atoms with Crippen LogP contribution in [0.2, 0.25) is 5.02 Å². The second kappa shape index (κ2) is 6.44. The first-order valence-corrected chi connectivity index (χ1v) is 5.16. The van der Waals surface area contributed by atoms with Crippen molar-refractivity contribution < 1.29 is 4.39 Å². The summed E-state index contributed by atoms with van der Waals surface area (Å²) in [5, 5.41) is 3.35. The molecule has 1 rings (SSSR count). The fourth-order valence-electron chi connectivity index (χ4n) is 1.18. The summed E-state index contributed by atoms with van der Waals surface area (Å²) in [5.74, 6) is 5.38. The molecule has 0 aromatic heterocycles. The first-order valence-electron chi connectivity index (χ1n) is 4.79. The molecule has 0 aliphatic heterocycles. The van der Waals surface area contributed by atoms with Crippen molar-refractivity contribution in [1.82, 2.24) is 5.32 Å². The fourth-order valence-corrected chi connectivity index (χ4v) is 1.38. The third-order valence-electron chi connectivity index (χ3n) is 1.95. The molecule has 0 bridgehead atoms. The number of benzene rings is 1. The highest BCUT2D eigenvalue weighted by atomic mass is 35.5. The Morgan fingerprint density at radius 2 is 2.27 bits per heavy atom. The fraction of sp³-hybridized carbons (Fsp3) is 0.333. The summed E-state index contributed by atoms with van der Waals surface area (Å²) >= 11 is 5.79. The summed E-state index contributed by atoms with van der Waals surface area (Å²) in [6.45, 7) is 3.17. The van der Waals surface area contributed by atoms with E-state index >= 15 is 0 Å². The molecule has 0 aliphatic carbocycles. The van der Waals surface area contributed by atoms with Crippen LogP contribution in [-0.2, 0) is 6.54 Å². The molecule has 0 spiro atoms. The maximum absolute atomic E-state index is 13.0. The minimum Gasteiger partial charge on any atom is -0.312 e. The van der Waals surface area contributed by atoms with Gasteiger partial charge < -0.3 is 5.32 Å². The van der Waals surface area contributed by atoms with Crippen LogP contribution in [0.25, 0.3) is 0 Å². The molecule has 0 atom stereocenters. The topological polar surface area (TPSA) is 12.0 Å². The lowest BCUT2D eigenvalue weighted by atomic mass is 10.2. The van der Waals surface area contributed by atoms with Gasteiger partial charge in [-0.1, -0.05) is 23.7 Å². The first-order chi connectivity index (χ1) is 7.25. The zero-order valence-corrected chi connectivity index (χ0v) is 9.37. The third-order valence-corrected chi connectivity index (χ3v) is 2.37. The molecule has 0 saturated heterocycles. The quantitative estimate of drug-likeness (QED) is 0.614. The van der Waals surface area contributed by atoms with Gasteiger partial charge in [-0.25, -0.2) is 4.39 Å². The summed E-state index contributed by atoms with van der Waals surface area (Å²) in [4.78, 5) is 0. The standard InChI is InChI=1S/C12H13ClFN/c1-2-3-4-8-15-9-10-6-5-7-11(14)12(10)13/h5-7,15H,4,8-9H2,1H3. The molecule has 15 heavy (non-hydrogen) atoms. The van der Waals surface area contributed by atoms with Crippen molar-refractivity contribution >= 4 is 11.6 Å². The molecule has 0 amide bonds. The van der Waals surface area contributed by atoms with Crippen LogP contribution < -0.4 is 5.32 Å². The van der Waals surface area contributed by atoms with Crippen molar-refractivity contribution in [3.05, 3.63) is 34.6 Å². The van der Waals surface area contributed by atoms with Gasteiger partial charge in [0.2, 0.25) is 0 Å². The Bertz CT molecular complexity index is 379. The Morgan fingerprint density at radius 1 is 1.47 bits per heavy atom. The van der Waals surface area contributed by atoms with Crippen LogP contribution >= 0.6 is 11.6 Å². The highest BCUT2D eigenvalue weighted by molar-refractivity contribution is 6.31. The molecule has 0 unspecified atom stereocenters. The van der Waals surface area contributed by atoms with Gasteiger partial charge in [-0.15, -0.1) is 11.8 Å². The van der Waals surface area contributed by atoms with Crippen molar-refractivity contribution in [2.75, 3.05) is 6.54 Å². The molecule has 0 saturated carbocycles. The summed E-state index contributed by atoms with van der Waals surface area (Å²) in [5.41, 5.74) is 0.779. The molecule has 0 aliphatic rings. The molecule has 80 valence electrons. The summed E-state index contributed by atoms with van der Waals surface area (Å²) in [7, 11) is 0. The van der Waals surface area contributed by atoms with E-state index in [0.717, 1.165) is 18.5 Å². The lowest BCUT2D eigenvalue weighted by Gasteiger charge is -2.05. The van der Waals surface area contributed by atoms with Crippen molar-refractivity contribution in [3.63, 3.8) is 0 Å². The molecular weight excluding hydrogens is 213 g/mol. The smallest absolute Gasteiger partial charge is 0.142 e.